The van der Waals surface area contributed by atoms with Crippen molar-refractivity contribution in [2.45, 2.75) is 24.8 Å². The minimum atomic E-state index is -0.909. The van der Waals surface area contributed by atoms with Gasteiger partial charge >= 0.3 is 0 Å². The van der Waals surface area contributed by atoms with E-state index in [0.29, 0.717) is 21.4 Å². The summed E-state index contributed by atoms with van der Waals surface area (Å²) in [6, 6.07) is 18.2. The van der Waals surface area contributed by atoms with E-state index in [4.69, 9.17) is 4.98 Å². The molecule has 1 unspecified atom stereocenters. The molecule has 0 spiro atoms. The lowest BCUT2D eigenvalue weighted by Crippen LogP contribution is -2.09. The molecule has 0 bridgehead atoms. The Morgan fingerprint density at radius 1 is 1.22 bits per heavy atom. The van der Waals surface area contributed by atoms with Crippen LogP contribution in [-0.2, 0) is 11.2 Å². The van der Waals surface area contributed by atoms with Gasteiger partial charge in [-0.05, 0) is 40.7 Å². The van der Waals surface area contributed by atoms with Crippen molar-refractivity contribution in [1.29, 1.82) is 5.26 Å². The molecular formula is C21H20N2OS3. The fourth-order valence-corrected chi connectivity index (χ4v) is 5.82. The van der Waals surface area contributed by atoms with Crippen LogP contribution in [0.1, 0.15) is 25.3 Å². The number of aromatic nitrogens is 1. The molecule has 0 N–H and O–H groups in total. The molecule has 0 amide bonds. The molecule has 138 valence electrons. The third-order valence-corrected chi connectivity index (χ3v) is 7.74. The van der Waals surface area contributed by atoms with Crippen LogP contribution >= 0.6 is 23.1 Å². The number of thiophene rings is 1. The quantitative estimate of drug-likeness (QED) is 0.339. The molecule has 2 heterocycles. The lowest BCUT2D eigenvalue weighted by molar-refractivity contribution is 0.596. The molecule has 27 heavy (non-hydrogen) atoms. The molecule has 0 saturated heterocycles. The average molecular weight is 413 g/mol. The van der Waals surface area contributed by atoms with Crippen molar-refractivity contribution in [2.75, 3.05) is 10.8 Å². The Hall–Kier alpha value is -1.78. The Morgan fingerprint density at radius 2 is 2.04 bits per heavy atom. The lowest BCUT2D eigenvalue weighted by atomic mass is 10.0. The monoisotopic (exact) mass is 412 g/mol. The van der Waals surface area contributed by atoms with Gasteiger partial charge in [0.2, 0.25) is 0 Å². The lowest BCUT2D eigenvalue weighted by Gasteiger charge is -2.13. The highest BCUT2D eigenvalue weighted by atomic mass is 32.3. The smallest absolute Gasteiger partial charge is 0.156 e. The molecule has 3 rings (SSSR count). The number of pyridine rings is 1. The van der Waals surface area contributed by atoms with Gasteiger partial charge in [-0.3, -0.25) is 0 Å². The summed E-state index contributed by atoms with van der Waals surface area (Å²) in [5, 5.41) is 13.0. The first-order valence-corrected chi connectivity index (χ1v) is 12.1. The number of benzene rings is 1. The van der Waals surface area contributed by atoms with E-state index >= 15 is 0 Å². The zero-order chi connectivity index (χ0) is 19.1. The van der Waals surface area contributed by atoms with Crippen molar-refractivity contribution in [3.8, 4) is 27.8 Å². The normalized spacial score (nSPS) is 11.9. The highest BCUT2D eigenvalue weighted by molar-refractivity contribution is 8.12. The number of hydrogen-bond donors (Lipinski definition) is 0. The summed E-state index contributed by atoms with van der Waals surface area (Å²) in [7, 11) is 0. The Kier molecular flexibility index (Phi) is 7.36. The summed E-state index contributed by atoms with van der Waals surface area (Å²) in [6.07, 6.45) is 1.99. The minimum Gasteiger partial charge on any atom is -0.616 e. The van der Waals surface area contributed by atoms with Gasteiger partial charge in [-0.2, -0.15) is 5.26 Å². The van der Waals surface area contributed by atoms with Crippen LogP contribution < -0.4 is 0 Å². The zero-order valence-corrected chi connectivity index (χ0v) is 17.5. The highest BCUT2D eigenvalue weighted by Crippen LogP contribution is 2.35. The third-order valence-electron chi connectivity index (χ3n) is 4.01. The Labute approximate surface area is 171 Å². The van der Waals surface area contributed by atoms with Crippen molar-refractivity contribution in [3.05, 3.63) is 59.5 Å². The van der Waals surface area contributed by atoms with Crippen molar-refractivity contribution in [1.82, 2.24) is 4.98 Å². The third kappa shape index (κ3) is 5.14. The first kappa shape index (κ1) is 20.0. The van der Waals surface area contributed by atoms with Crippen molar-refractivity contribution < 1.29 is 4.55 Å². The number of nitrogens with zero attached hydrogens (tertiary/aromatic N) is 2. The topological polar surface area (TPSA) is 59.7 Å². The van der Waals surface area contributed by atoms with Crippen molar-refractivity contribution in [2.24, 2.45) is 0 Å². The van der Waals surface area contributed by atoms with E-state index in [0.717, 1.165) is 34.5 Å². The Balaban J connectivity index is 2.00. The van der Waals surface area contributed by atoms with Crippen molar-refractivity contribution >= 4 is 34.3 Å². The second-order valence-corrected chi connectivity index (χ2v) is 9.80. The fourth-order valence-electron chi connectivity index (χ4n) is 2.62. The first-order chi connectivity index (χ1) is 13.2. The molecule has 0 fully saturated rings. The highest BCUT2D eigenvalue weighted by Gasteiger charge is 2.18. The number of hydrogen-bond acceptors (Lipinski definition) is 5. The van der Waals surface area contributed by atoms with Gasteiger partial charge in [0.1, 0.15) is 16.8 Å². The standard InChI is InChI=1S/C21H20N2OS3/c1-2-3-12-27(24)15-26-21-18(14-22)17(16-8-5-4-6-9-16)13-19(23-21)20-10-7-11-25-20/h4-11,13H,2-3,12,15H2,1H3. The van der Waals surface area contributed by atoms with Crippen molar-refractivity contribution in [3.63, 3.8) is 0 Å². The van der Waals surface area contributed by atoms with Gasteiger partial charge in [-0.15, -0.1) is 11.3 Å². The van der Waals surface area contributed by atoms with Crippen LogP contribution in [0.4, 0.5) is 0 Å². The van der Waals surface area contributed by atoms with E-state index in [1.54, 1.807) is 11.3 Å². The maximum atomic E-state index is 12.2. The summed E-state index contributed by atoms with van der Waals surface area (Å²) in [6.45, 7) is 2.09. The van der Waals surface area contributed by atoms with Gasteiger partial charge in [0, 0.05) is 5.56 Å². The zero-order valence-electron chi connectivity index (χ0n) is 15.1. The molecule has 1 atom stereocenters. The molecule has 2 aromatic heterocycles. The molecule has 0 saturated carbocycles. The molecule has 0 aliphatic rings. The second kappa shape index (κ2) is 9.95. The number of nitriles is 1. The SMILES string of the molecule is CCCC[S+]([O-])CSc1nc(-c2cccs2)cc(-c2ccccc2)c1C#N. The van der Waals surface area contributed by atoms with E-state index in [2.05, 4.69) is 13.0 Å². The number of unbranched alkanes of at least 4 members (excludes halogenated alkanes) is 1. The molecule has 0 aliphatic carbocycles. The van der Waals surface area contributed by atoms with Gasteiger partial charge in [-0.1, -0.05) is 61.5 Å². The van der Waals surface area contributed by atoms with E-state index in [9.17, 15) is 9.81 Å². The summed E-state index contributed by atoms with van der Waals surface area (Å²) in [5.74, 6) is 0.696. The Morgan fingerprint density at radius 3 is 2.70 bits per heavy atom. The predicted molar refractivity (Wildman–Crippen MR) is 116 cm³/mol. The summed E-state index contributed by atoms with van der Waals surface area (Å²) in [4.78, 5) is 5.80. The van der Waals surface area contributed by atoms with Crippen LogP contribution in [0.2, 0.25) is 0 Å². The number of thioether (sulfide) groups is 1. The maximum absolute atomic E-state index is 12.2. The molecule has 6 heteroatoms. The van der Waals surface area contributed by atoms with Gasteiger partial charge in [0.15, 0.2) is 5.08 Å². The molecule has 3 nitrogen and oxygen atoms in total. The van der Waals surface area contributed by atoms with E-state index in [1.807, 2.05) is 53.9 Å². The van der Waals surface area contributed by atoms with Crippen LogP contribution in [0.3, 0.4) is 0 Å². The van der Waals surface area contributed by atoms with Crippen LogP contribution in [0, 0.1) is 11.3 Å². The molecule has 0 radical (unpaired) electrons. The van der Waals surface area contributed by atoms with E-state index in [-0.39, 0.29) is 0 Å². The van der Waals surface area contributed by atoms with Gasteiger partial charge < -0.3 is 4.55 Å². The molecule has 0 aliphatic heterocycles. The van der Waals surface area contributed by atoms with E-state index < -0.39 is 11.2 Å². The first-order valence-electron chi connectivity index (χ1n) is 8.75. The van der Waals surface area contributed by atoms with Gasteiger partial charge in [0.05, 0.1) is 16.1 Å². The molecule has 3 aromatic rings. The van der Waals surface area contributed by atoms with E-state index in [1.165, 1.54) is 11.8 Å². The predicted octanol–water partition coefficient (Wildman–Crippen LogP) is 5.95. The molecular weight excluding hydrogens is 392 g/mol. The Bertz CT molecular complexity index is 905. The van der Waals surface area contributed by atoms with Crippen LogP contribution in [-0.4, -0.2) is 20.4 Å². The van der Waals surface area contributed by atoms with Gasteiger partial charge in [-0.25, -0.2) is 4.98 Å². The van der Waals surface area contributed by atoms with Crippen LogP contribution in [0.25, 0.3) is 21.7 Å². The maximum Gasteiger partial charge on any atom is 0.156 e. The largest absolute Gasteiger partial charge is 0.616 e. The average Bonchev–Trinajstić information content (AvgIpc) is 3.25. The molecule has 1 aromatic carbocycles. The van der Waals surface area contributed by atoms with Gasteiger partial charge in [0.25, 0.3) is 0 Å². The minimum absolute atomic E-state index is 0.462. The summed E-state index contributed by atoms with van der Waals surface area (Å²) >= 11 is 2.14. The fraction of sp³-hybridized carbons (Fsp3) is 0.238. The van der Waals surface area contributed by atoms with Crippen LogP contribution in [0.5, 0.6) is 0 Å². The van der Waals surface area contributed by atoms with Crippen LogP contribution in [0.15, 0.2) is 58.9 Å². The summed E-state index contributed by atoms with van der Waals surface area (Å²) < 4.78 is 12.2. The summed E-state index contributed by atoms with van der Waals surface area (Å²) in [5.41, 5.74) is 3.27. The number of rotatable bonds is 8. The second-order valence-electron chi connectivity index (χ2n) is 5.95.